The summed E-state index contributed by atoms with van der Waals surface area (Å²) in [6.45, 7) is 0. The molecule has 50 heavy (non-hydrogen) atoms. The van der Waals surface area contributed by atoms with E-state index in [1.54, 1.807) is 0 Å². The number of allylic oxidation sites excluding steroid dienone is 19. The fourth-order valence-electron chi connectivity index (χ4n) is 9.95. The SMILES string of the molecule is C1=CC2=C(N(c3cccc4c3sc3cccc(C5C=CCCC5)c34)C3C=C(C4=C5C=CCCC5CC=C4)C=CC3)C=C3C=CCCC3C2C=C1. The molecule has 7 aliphatic rings. The highest BCUT2D eigenvalue weighted by molar-refractivity contribution is 7.26. The Labute approximate surface area is 301 Å². The number of hydrogen-bond donors (Lipinski definition) is 0. The molecule has 0 aliphatic heterocycles. The maximum Gasteiger partial charge on any atom is 0.0598 e. The zero-order valence-corrected chi connectivity index (χ0v) is 29.6. The van der Waals surface area contributed by atoms with E-state index in [4.69, 9.17) is 0 Å². The largest absolute Gasteiger partial charge is 0.333 e. The van der Waals surface area contributed by atoms with Crippen LogP contribution in [0, 0.1) is 17.8 Å². The molecule has 5 atom stereocenters. The number of anilines is 1. The monoisotopic (exact) mass is 667 g/mol. The first-order valence-electron chi connectivity index (χ1n) is 19.1. The highest BCUT2D eigenvalue weighted by atomic mass is 32.1. The Bertz CT molecular complexity index is 2230. The smallest absolute Gasteiger partial charge is 0.0598 e. The molecule has 2 heteroatoms. The van der Waals surface area contributed by atoms with Gasteiger partial charge in [0.15, 0.2) is 0 Å². The van der Waals surface area contributed by atoms with E-state index < -0.39 is 0 Å². The van der Waals surface area contributed by atoms with Crippen molar-refractivity contribution in [3.63, 3.8) is 0 Å². The molecule has 7 aliphatic carbocycles. The van der Waals surface area contributed by atoms with Crippen LogP contribution >= 0.6 is 11.3 Å². The van der Waals surface area contributed by atoms with E-state index in [0.29, 0.717) is 23.7 Å². The molecule has 0 N–H and O–H groups in total. The maximum absolute atomic E-state index is 2.75. The second kappa shape index (κ2) is 12.7. The van der Waals surface area contributed by atoms with Crippen molar-refractivity contribution in [2.75, 3.05) is 4.90 Å². The number of fused-ring (bicyclic) bond motifs is 7. The van der Waals surface area contributed by atoms with Crippen LogP contribution in [0.3, 0.4) is 0 Å². The molecule has 3 aromatic rings. The third kappa shape index (κ3) is 5.10. The first-order chi connectivity index (χ1) is 24.8. The lowest BCUT2D eigenvalue weighted by Crippen LogP contribution is -2.37. The zero-order valence-electron chi connectivity index (χ0n) is 28.8. The molecule has 248 valence electrons. The van der Waals surface area contributed by atoms with Crippen molar-refractivity contribution in [2.45, 2.75) is 69.7 Å². The second-order valence-electron chi connectivity index (χ2n) is 15.2. The molecule has 0 fully saturated rings. The van der Waals surface area contributed by atoms with Crippen molar-refractivity contribution in [3.05, 3.63) is 173 Å². The minimum Gasteiger partial charge on any atom is -0.333 e. The lowest BCUT2D eigenvalue weighted by Gasteiger charge is -2.42. The van der Waals surface area contributed by atoms with Crippen LogP contribution < -0.4 is 4.90 Å². The van der Waals surface area contributed by atoms with E-state index in [0.717, 1.165) is 6.42 Å². The summed E-state index contributed by atoms with van der Waals surface area (Å²) in [5, 5.41) is 2.88. The zero-order chi connectivity index (χ0) is 33.0. The fraction of sp³-hybridized carbons (Fsp3) is 0.292. The molecule has 1 heterocycles. The topological polar surface area (TPSA) is 3.24 Å². The molecule has 0 spiro atoms. The summed E-state index contributed by atoms with van der Waals surface area (Å²) in [4.78, 5) is 2.75. The number of rotatable bonds is 5. The van der Waals surface area contributed by atoms with Gasteiger partial charge in [-0.05, 0) is 121 Å². The van der Waals surface area contributed by atoms with Gasteiger partial charge in [-0.25, -0.2) is 0 Å². The van der Waals surface area contributed by atoms with Crippen molar-refractivity contribution in [2.24, 2.45) is 17.8 Å². The summed E-state index contributed by atoms with van der Waals surface area (Å²) in [6.07, 6.45) is 49.5. The van der Waals surface area contributed by atoms with Crippen LogP contribution in [0.5, 0.6) is 0 Å². The van der Waals surface area contributed by atoms with Crippen LogP contribution in [-0.4, -0.2) is 6.04 Å². The normalized spacial score (nSPS) is 28.2. The predicted molar refractivity (Wildman–Crippen MR) is 215 cm³/mol. The van der Waals surface area contributed by atoms with Crippen LogP contribution in [0.25, 0.3) is 20.2 Å². The molecule has 0 saturated heterocycles. The van der Waals surface area contributed by atoms with Gasteiger partial charge in [-0.15, -0.1) is 11.3 Å². The highest BCUT2D eigenvalue weighted by Crippen LogP contribution is 2.50. The molecule has 0 radical (unpaired) electrons. The number of hydrogen-bond acceptors (Lipinski definition) is 2. The van der Waals surface area contributed by atoms with E-state index in [1.807, 2.05) is 11.3 Å². The van der Waals surface area contributed by atoms with Crippen molar-refractivity contribution >= 4 is 37.2 Å². The molecule has 2 aromatic carbocycles. The minimum absolute atomic E-state index is 0.199. The Kier molecular flexibility index (Phi) is 7.75. The Morgan fingerprint density at radius 1 is 0.720 bits per heavy atom. The Hall–Kier alpha value is -4.40. The third-order valence-corrected chi connectivity index (χ3v) is 13.5. The lowest BCUT2D eigenvalue weighted by atomic mass is 9.70. The van der Waals surface area contributed by atoms with Gasteiger partial charge in [0.05, 0.1) is 16.4 Å². The van der Waals surface area contributed by atoms with Gasteiger partial charge in [-0.3, -0.25) is 0 Å². The van der Waals surface area contributed by atoms with Gasteiger partial charge in [0.25, 0.3) is 0 Å². The van der Waals surface area contributed by atoms with Gasteiger partial charge >= 0.3 is 0 Å². The fourth-order valence-corrected chi connectivity index (χ4v) is 11.2. The Balaban J connectivity index is 1.19. The van der Waals surface area contributed by atoms with Gasteiger partial charge in [0, 0.05) is 33.0 Å². The van der Waals surface area contributed by atoms with Crippen LogP contribution in [0.4, 0.5) is 5.69 Å². The molecule has 0 saturated carbocycles. The molecule has 10 rings (SSSR count). The molecule has 0 bridgehead atoms. The number of benzene rings is 2. The van der Waals surface area contributed by atoms with E-state index in [9.17, 15) is 0 Å². The van der Waals surface area contributed by atoms with E-state index in [1.165, 1.54) is 116 Å². The standard InChI is InChI=1S/C48H45NS/c1-2-14-33(15-3-1)40-26-13-29-46-47(40)43-27-12-28-44(48(43)50-46)49(45-31-35-17-5-7-22-39(35)41-23-8-9-24-42(41)45)36-20-10-19-34(30-36)38-25-11-18-32-16-4-6-21-37(32)38/h2,5-6,8-14,17,19,21,23-33,36,39,41H,1,3-4,7,15-16,18,20,22H2. The molecule has 1 aromatic heterocycles. The van der Waals surface area contributed by atoms with Crippen LogP contribution in [-0.2, 0) is 0 Å². The predicted octanol–water partition coefficient (Wildman–Crippen LogP) is 13.1. The highest BCUT2D eigenvalue weighted by Gasteiger charge is 2.36. The molecule has 0 amide bonds. The van der Waals surface area contributed by atoms with Crippen molar-refractivity contribution in [1.29, 1.82) is 0 Å². The summed E-state index contributed by atoms with van der Waals surface area (Å²) in [6, 6.07) is 14.4. The second-order valence-corrected chi connectivity index (χ2v) is 16.2. The molecular weight excluding hydrogens is 623 g/mol. The van der Waals surface area contributed by atoms with E-state index in [-0.39, 0.29) is 6.04 Å². The summed E-state index contributed by atoms with van der Waals surface area (Å²) >= 11 is 2.00. The maximum atomic E-state index is 2.75. The van der Waals surface area contributed by atoms with Gasteiger partial charge < -0.3 is 4.90 Å². The number of thiophene rings is 1. The first-order valence-corrected chi connectivity index (χ1v) is 20.0. The third-order valence-electron chi connectivity index (χ3n) is 12.3. The van der Waals surface area contributed by atoms with Crippen molar-refractivity contribution in [3.8, 4) is 0 Å². The first kappa shape index (κ1) is 30.4. The minimum atomic E-state index is 0.199. The Morgan fingerprint density at radius 2 is 1.64 bits per heavy atom. The van der Waals surface area contributed by atoms with E-state index >= 15 is 0 Å². The van der Waals surface area contributed by atoms with Crippen LogP contribution in [0.15, 0.2) is 167 Å². The molecule has 5 unspecified atom stereocenters. The molecular formula is C48H45NS. The van der Waals surface area contributed by atoms with Gasteiger partial charge in [0.2, 0.25) is 0 Å². The number of nitrogens with zero attached hydrogens (tertiary/aromatic N) is 1. The quantitative estimate of drug-likeness (QED) is 0.245. The average molecular weight is 668 g/mol. The summed E-state index contributed by atoms with van der Waals surface area (Å²) in [5.74, 6) is 2.11. The van der Waals surface area contributed by atoms with E-state index in [2.05, 4.69) is 139 Å². The van der Waals surface area contributed by atoms with Crippen molar-refractivity contribution in [1.82, 2.24) is 0 Å². The molecule has 1 nitrogen and oxygen atoms in total. The van der Waals surface area contributed by atoms with Crippen molar-refractivity contribution < 1.29 is 0 Å². The van der Waals surface area contributed by atoms with Gasteiger partial charge in [-0.1, -0.05) is 115 Å². The van der Waals surface area contributed by atoms with Gasteiger partial charge in [0.1, 0.15) is 0 Å². The van der Waals surface area contributed by atoms with Gasteiger partial charge in [-0.2, -0.15) is 0 Å². The Morgan fingerprint density at radius 3 is 2.60 bits per heavy atom. The van der Waals surface area contributed by atoms with Crippen LogP contribution in [0.2, 0.25) is 0 Å². The summed E-state index contributed by atoms with van der Waals surface area (Å²) in [5.41, 5.74) is 11.5. The summed E-state index contributed by atoms with van der Waals surface area (Å²) in [7, 11) is 0. The average Bonchev–Trinajstić information content (AvgIpc) is 3.58. The lowest BCUT2D eigenvalue weighted by molar-refractivity contribution is 0.464. The summed E-state index contributed by atoms with van der Waals surface area (Å²) < 4.78 is 2.82. The van der Waals surface area contributed by atoms with Crippen LogP contribution in [0.1, 0.15) is 69.3 Å².